The predicted molar refractivity (Wildman–Crippen MR) is 108 cm³/mol. The molecule has 0 spiro atoms. The molecule has 0 radical (unpaired) electrons. The molecule has 1 saturated heterocycles. The quantitative estimate of drug-likeness (QED) is 0.758. The molecule has 1 heterocycles. The predicted octanol–water partition coefficient (Wildman–Crippen LogP) is 1.54. The molecular formula is C21H27N2O3S+. The van der Waals surface area contributed by atoms with Crippen molar-refractivity contribution in [2.45, 2.75) is 13.0 Å². The minimum absolute atomic E-state index is 0.274. The second-order valence-electron chi connectivity index (χ2n) is 6.91. The summed E-state index contributed by atoms with van der Waals surface area (Å²) in [4.78, 5) is 1.35. The van der Waals surface area contributed by atoms with Gasteiger partial charge in [-0.3, -0.25) is 0 Å². The van der Waals surface area contributed by atoms with Crippen molar-refractivity contribution in [3.8, 4) is 0 Å². The van der Waals surface area contributed by atoms with Gasteiger partial charge in [0.1, 0.15) is 13.1 Å². The van der Waals surface area contributed by atoms with E-state index in [4.69, 9.17) is 4.74 Å². The molecule has 0 unspecified atom stereocenters. The lowest BCUT2D eigenvalue weighted by molar-refractivity contribution is -0.909. The molecule has 27 heavy (non-hydrogen) atoms. The maximum absolute atomic E-state index is 12.7. The number of benzene rings is 2. The number of hydrogen-bond acceptors (Lipinski definition) is 3. The molecule has 1 fully saturated rings. The van der Waals surface area contributed by atoms with Crippen molar-refractivity contribution < 1.29 is 18.1 Å². The van der Waals surface area contributed by atoms with Crippen molar-refractivity contribution in [3.63, 3.8) is 0 Å². The summed E-state index contributed by atoms with van der Waals surface area (Å²) < 4.78 is 33.6. The molecule has 1 aliphatic heterocycles. The van der Waals surface area contributed by atoms with Gasteiger partial charge in [0, 0.05) is 5.41 Å². The second-order valence-corrected chi connectivity index (χ2v) is 8.50. The topological polar surface area (TPSA) is 59.8 Å². The summed E-state index contributed by atoms with van der Waals surface area (Å²) in [5.74, 6) is 0. The molecule has 1 aliphatic rings. The number of rotatable bonds is 7. The van der Waals surface area contributed by atoms with E-state index in [-0.39, 0.29) is 6.04 Å². The molecule has 3 rings (SSSR count). The molecular weight excluding hydrogens is 360 g/mol. The van der Waals surface area contributed by atoms with E-state index in [1.54, 1.807) is 6.08 Å². The zero-order chi connectivity index (χ0) is 19.1. The molecule has 144 valence electrons. The van der Waals surface area contributed by atoms with E-state index in [1.807, 2.05) is 61.5 Å². The summed E-state index contributed by atoms with van der Waals surface area (Å²) in [6.45, 7) is 5.95. The maximum Gasteiger partial charge on any atom is 0.234 e. The van der Waals surface area contributed by atoms with Crippen LogP contribution in [0.2, 0.25) is 0 Å². The number of nitrogens with one attached hydrogen (secondary N) is 2. The molecule has 2 aromatic rings. The third kappa shape index (κ3) is 6.29. The van der Waals surface area contributed by atoms with Crippen LogP contribution in [0, 0.1) is 6.92 Å². The van der Waals surface area contributed by atoms with Crippen molar-refractivity contribution in [1.82, 2.24) is 4.72 Å². The van der Waals surface area contributed by atoms with E-state index >= 15 is 0 Å². The number of ether oxygens (including phenoxy) is 1. The van der Waals surface area contributed by atoms with Gasteiger partial charge in [-0.2, -0.15) is 4.72 Å². The molecule has 0 aliphatic carbocycles. The Kier molecular flexibility index (Phi) is 6.79. The van der Waals surface area contributed by atoms with Crippen LogP contribution in [-0.2, 0) is 14.8 Å². The molecule has 2 N–H and O–H groups in total. The van der Waals surface area contributed by atoms with Gasteiger partial charge < -0.3 is 9.64 Å². The number of morpholine rings is 1. The standard InChI is InChI=1S/C21H26N2O3S/c1-18-7-9-20(10-8-18)21(17-23-12-14-26-15-13-23)22-27(24,25)16-11-19-5-3-2-4-6-19/h2-11,16,21-22H,12-15,17H2,1H3/p+1/b16-11+/t21-/m0/s1. The fraction of sp³-hybridized carbons (Fsp3) is 0.333. The normalized spacial score (nSPS) is 17.2. The van der Waals surface area contributed by atoms with E-state index in [9.17, 15) is 8.42 Å². The first-order valence-electron chi connectivity index (χ1n) is 9.25. The molecule has 2 aromatic carbocycles. The van der Waals surface area contributed by atoms with E-state index in [0.29, 0.717) is 6.54 Å². The van der Waals surface area contributed by atoms with E-state index < -0.39 is 10.0 Å². The number of quaternary nitrogens is 1. The van der Waals surface area contributed by atoms with Gasteiger partial charge >= 0.3 is 0 Å². The molecule has 0 saturated carbocycles. The Balaban J connectivity index is 1.76. The fourth-order valence-electron chi connectivity index (χ4n) is 3.15. The third-order valence-electron chi connectivity index (χ3n) is 4.72. The molecule has 5 nitrogen and oxygen atoms in total. The Bertz CT molecular complexity index is 843. The van der Waals surface area contributed by atoms with Crippen LogP contribution in [0.15, 0.2) is 60.0 Å². The van der Waals surface area contributed by atoms with E-state index in [1.165, 1.54) is 10.3 Å². The second kappa shape index (κ2) is 9.28. The number of sulfonamides is 1. The lowest BCUT2D eigenvalue weighted by Crippen LogP contribution is -3.14. The summed E-state index contributed by atoms with van der Waals surface area (Å²) in [5.41, 5.74) is 2.99. The highest BCUT2D eigenvalue weighted by Gasteiger charge is 2.24. The summed E-state index contributed by atoms with van der Waals surface area (Å²) in [6, 6.07) is 17.2. The molecule has 0 aromatic heterocycles. The van der Waals surface area contributed by atoms with Crippen LogP contribution in [0.25, 0.3) is 6.08 Å². The minimum atomic E-state index is -3.56. The minimum Gasteiger partial charge on any atom is -0.370 e. The first-order valence-corrected chi connectivity index (χ1v) is 10.8. The number of hydrogen-bond donors (Lipinski definition) is 2. The summed E-state index contributed by atoms with van der Waals surface area (Å²) in [5, 5.41) is 1.25. The molecule has 1 atom stereocenters. The van der Waals surface area contributed by atoms with Gasteiger partial charge in [-0.25, -0.2) is 8.42 Å². The monoisotopic (exact) mass is 387 g/mol. The Morgan fingerprint density at radius 1 is 1.07 bits per heavy atom. The van der Waals surface area contributed by atoms with E-state index in [2.05, 4.69) is 4.72 Å². The van der Waals surface area contributed by atoms with Crippen LogP contribution in [0.3, 0.4) is 0 Å². The lowest BCUT2D eigenvalue weighted by atomic mass is 10.1. The van der Waals surface area contributed by atoms with Gasteiger partial charge in [0.2, 0.25) is 10.0 Å². The highest BCUT2D eigenvalue weighted by molar-refractivity contribution is 7.92. The smallest absolute Gasteiger partial charge is 0.234 e. The van der Waals surface area contributed by atoms with Gasteiger partial charge in [-0.1, -0.05) is 60.2 Å². The van der Waals surface area contributed by atoms with Crippen LogP contribution in [0.5, 0.6) is 0 Å². The average Bonchev–Trinajstić information content (AvgIpc) is 2.68. The van der Waals surface area contributed by atoms with Gasteiger partial charge in [0.25, 0.3) is 0 Å². The maximum atomic E-state index is 12.7. The first kappa shape index (κ1) is 19.8. The van der Waals surface area contributed by atoms with Crippen molar-refractivity contribution in [2.24, 2.45) is 0 Å². The van der Waals surface area contributed by atoms with Crippen LogP contribution in [0.4, 0.5) is 0 Å². The Morgan fingerprint density at radius 3 is 2.41 bits per heavy atom. The average molecular weight is 388 g/mol. The Labute approximate surface area is 161 Å². The summed E-state index contributed by atoms with van der Waals surface area (Å²) in [6.07, 6.45) is 1.62. The molecule has 6 heteroatoms. The van der Waals surface area contributed by atoms with Crippen LogP contribution >= 0.6 is 0 Å². The summed E-state index contributed by atoms with van der Waals surface area (Å²) >= 11 is 0. The van der Waals surface area contributed by atoms with Crippen molar-refractivity contribution in [2.75, 3.05) is 32.8 Å². The summed E-state index contributed by atoms with van der Waals surface area (Å²) in [7, 11) is -3.56. The van der Waals surface area contributed by atoms with Crippen LogP contribution in [-0.4, -0.2) is 41.3 Å². The van der Waals surface area contributed by atoms with E-state index in [0.717, 1.165) is 43.0 Å². The fourth-order valence-corrected chi connectivity index (χ4v) is 4.18. The number of aryl methyl sites for hydroxylation is 1. The zero-order valence-electron chi connectivity index (χ0n) is 15.6. The van der Waals surface area contributed by atoms with Crippen LogP contribution in [0.1, 0.15) is 22.7 Å². The highest BCUT2D eigenvalue weighted by Crippen LogP contribution is 2.15. The van der Waals surface area contributed by atoms with Crippen LogP contribution < -0.4 is 9.62 Å². The zero-order valence-corrected chi connectivity index (χ0v) is 16.4. The SMILES string of the molecule is Cc1ccc([C@H](C[NH+]2CCOCC2)NS(=O)(=O)/C=C/c2ccccc2)cc1. The molecule has 0 bridgehead atoms. The Morgan fingerprint density at radius 2 is 1.74 bits per heavy atom. The van der Waals surface area contributed by atoms with Gasteiger partial charge in [0.05, 0.1) is 25.8 Å². The van der Waals surface area contributed by atoms with Gasteiger partial charge in [-0.15, -0.1) is 0 Å². The Hall–Kier alpha value is -1.99. The largest absolute Gasteiger partial charge is 0.370 e. The lowest BCUT2D eigenvalue weighted by Gasteiger charge is -2.28. The van der Waals surface area contributed by atoms with Gasteiger partial charge in [-0.05, 0) is 24.1 Å². The van der Waals surface area contributed by atoms with Crippen molar-refractivity contribution >= 4 is 16.1 Å². The van der Waals surface area contributed by atoms with Gasteiger partial charge in [0.15, 0.2) is 0 Å². The van der Waals surface area contributed by atoms with Crippen molar-refractivity contribution in [1.29, 1.82) is 0 Å². The van der Waals surface area contributed by atoms with Crippen molar-refractivity contribution in [3.05, 3.63) is 76.7 Å². The highest BCUT2D eigenvalue weighted by atomic mass is 32.2. The third-order valence-corrected chi connectivity index (χ3v) is 5.83. The first-order chi connectivity index (χ1) is 13.0. The molecule has 0 amide bonds.